The Kier molecular flexibility index (Phi) is 6.99. The lowest BCUT2D eigenvalue weighted by atomic mass is 9.89. The fourth-order valence-corrected chi connectivity index (χ4v) is 6.51. The molecule has 31 heavy (non-hydrogen) atoms. The highest BCUT2D eigenvalue weighted by atomic mass is 35.5. The first-order chi connectivity index (χ1) is 14.8. The van der Waals surface area contributed by atoms with Gasteiger partial charge < -0.3 is 10.2 Å². The van der Waals surface area contributed by atoms with Crippen molar-refractivity contribution in [1.82, 2.24) is 19.6 Å². The smallest absolute Gasteiger partial charge is 0.259 e. The van der Waals surface area contributed by atoms with Crippen molar-refractivity contribution in [2.45, 2.75) is 28.1 Å². The Morgan fingerprint density at radius 1 is 1.19 bits per heavy atom. The molecule has 0 aliphatic carbocycles. The van der Waals surface area contributed by atoms with Crippen LogP contribution in [0.15, 0.2) is 53.4 Å². The lowest BCUT2D eigenvalue weighted by Crippen LogP contribution is -2.52. The number of halogens is 3. The van der Waals surface area contributed by atoms with Crippen LogP contribution in [0.25, 0.3) is 0 Å². The first-order valence-corrected chi connectivity index (χ1v) is 12.6. The van der Waals surface area contributed by atoms with Crippen molar-refractivity contribution < 1.29 is 17.7 Å². The molecule has 2 aliphatic rings. The summed E-state index contributed by atoms with van der Waals surface area (Å²) in [7, 11) is -4.04. The molecule has 7 nitrogen and oxygen atoms in total. The molecule has 2 fully saturated rings. The lowest BCUT2D eigenvalue weighted by molar-refractivity contribution is -0.110. The van der Waals surface area contributed by atoms with Crippen molar-refractivity contribution in [1.29, 1.82) is 0 Å². The maximum Gasteiger partial charge on any atom is 0.259 e. The van der Waals surface area contributed by atoms with Crippen LogP contribution in [0, 0.1) is 0 Å². The van der Waals surface area contributed by atoms with E-state index < -0.39 is 14.5 Å². The molecular weight excluding hydrogens is 486 g/mol. The highest BCUT2D eigenvalue weighted by molar-refractivity contribution is 8.00. The number of hydrogen-bond donors (Lipinski definition) is 2. The second kappa shape index (κ2) is 9.40. The van der Waals surface area contributed by atoms with Gasteiger partial charge >= 0.3 is 0 Å². The van der Waals surface area contributed by atoms with E-state index in [1.807, 2.05) is 6.07 Å². The summed E-state index contributed by atoms with van der Waals surface area (Å²) in [5.41, 5.74) is 0.876. The normalized spacial score (nSPS) is 23.8. The fraction of sp³-hybridized carbons (Fsp3) is 0.368. The SMILES string of the molecule is O=S(=O)(NC1(Cl)SN(F)CN1Oc1ccc(Cl)cc1C1CCNCC1)c1ccccc1. The van der Waals surface area contributed by atoms with Gasteiger partial charge in [0.1, 0.15) is 6.67 Å². The number of benzene rings is 2. The van der Waals surface area contributed by atoms with Crippen LogP contribution < -0.4 is 14.9 Å². The zero-order valence-electron chi connectivity index (χ0n) is 16.3. The molecular formula is C19H21Cl2FN4O3S2. The number of nitrogens with zero attached hydrogens (tertiary/aromatic N) is 2. The van der Waals surface area contributed by atoms with Gasteiger partial charge in [0.2, 0.25) is 10.0 Å². The third-order valence-corrected chi connectivity index (χ3v) is 8.34. The Morgan fingerprint density at radius 3 is 2.61 bits per heavy atom. The van der Waals surface area contributed by atoms with Crippen LogP contribution in [0.4, 0.5) is 4.48 Å². The summed E-state index contributed by atoms with van der Waals surface area (Å²) in [5, 5.41) is 4.93. The molecule has 2 aromatic rings. The molecule has 0 bridgehead atoms. The van der Waals surface area contributed by atoms with E-state index in [2.05, 4.69) is 10.0 Å². The summed E-state index contributed by atoms with van der Waals surface area (Å²) < 4.78 is 40.5. The van der Waals surface area contributed by atoms with Gasteiger partial charge in [-0.15, -0.1) is 4.48 Å². The maximum atomic E-state index is 14.2. The van der Waals surface area contributed by atoms with Crippen LogP contribution in [-0.4, -0.2) is 42.2 Å². The van der Waals surface area contributed by atoms with Crippen LogP contribution in [0.2, 0.25) is 5.02 Å². The minimum absolute atomic E-state index is 0.00905. The molecule has 2 aromatic carbocycles. The van der Waals surface area contributed by atoms with Crippen LogP contribution in [0.1, 0.15) is 24.3 Å². The molecule has 2 N–H and O–H groups in total. The van der Waals surface area contributed by atoms with Crippen LogP contribution >= 0.6 is 35.1 Å². The van der Waals surface area contributed by atoms with Crippen LogP contribution in [-0.2, 0) is 10.0 Å². The van der Waals surface area contributed by atoms with Crippen molar-refractivity contribution in [3.63, 3.8) is 0 Å². The van der Waals surface area contributed by atoms with Gasteiger partial charge in [0.15, 0.2) is 5.75 Å². The number of alkyl halides is 1. The Hall–Kier alpha value is -1.11. The third kappa shape index (κ3) is 5.28. The van der Waals surface area contributed by atoms with Crippen molar-refractivity contribution in [2.75, 3.05) is 19.8 Å². The van der Waals surface area contributed by atoms with Crippen LogP contribution in [0.5, 0.6) is 5.75 Å². The zero-order chi connectivity index (χ0) is 22.1. The van der Waals surface area contributed by atoms with Gasteiger partial charge in [-0.3, -0.25) is 0 Å². The first kappa shape index (κ1) is 23.1. The quantitative estimate of drug-likeness (QED) is 0.265. The molecule has 0 saturated carbocycles. The lowest BCUT2D eigenvalue weighted by Gasteiger charge is -2.31. The highest BCUT2D eigenvalue weighted by Crippen LogP contribution is 2.44. The maximum absolute atomic E-state index is 14.2. The number of hydroxylamine groups is 2. The van der Waals surface area contributed by atoms with Gasteiger partial charge in [0.25, 0.3) is 4.45 Å². The minimum Gasteiger partial charge on any atom is -0.400 e. The Morgan fingerprint density at radius 2 is 1.90 bits per heavy atom. The molecule has 2 heterocycles. The standard InChI is InChI=1S/C19H21Cl2FN4O3S2/c20-15-6-7-18(17(12-15)14-8-10-23-11-9-14)29-25-13-26(22)30-19(25,21)24-31(27,28)16-4-2-1-3-5-16/h1-7,12,14,23-24H,8-11,13H2. The summed E-state index contributed by atoms with van der Waals surface area (Å²) in [4.78, 5) is 5.98. The molecule has 4 rings (SSSR count). The largest absolute Gasteiger partial charge is 0.400 e. The molecule has 168 valence electrons. The van der Waals surface area contributed by atoms with Crippen molar-refractivity contribution in [2.24, 2.45) is 0 Å². The van der Waals surface area contributed by atoms with E-state index >= 15 is 0 Å². The van der Waals surface area contributed by atoms with E-state index in [4.69, 9.17) is 28.0 Å². The van der Waals surface area contributed by atoms with E-state index in [9.17, 15) is 12.9 Å². The number of piperidine rings is 1. The summed E-state index contributed by atoms with van der Waals surface area (Å²) in [6.07, 6.45) is 1.79. The second-order valence-electron chi connectivity index (χ2n) is 7.21. The first-order valence-electron chi connectivity index (χ1n) is 9.63. The number of hydrogen-bond acceptors (Lipinski definition) is 7. The second-order valence-corrected chi connectivity index (χ2v) is 11.3. The molecule has 0 amide bonds. The van der Waals surface area contributed by atoms with E-state index in [0.29, 0.717) is 27.2 Å². The van der Waals surface area contributed by atoms with Gasteiger partial charge in [0, 0.05) is 22.5 Å². The van der Waals surface area contributed by atoms with Gasteiger partial charge in [-0.2, -0.15) is 4.72 Å². The summed E-state index contributed by atoms with van der Waals surface area (Å²) in [5.74, 6) is 0.661. The van der Waals surface area contributed by atoms with E-state index in [1.165, 1.54) is 12.1 Å². The molecule has 0 radical (unpaired) electrons. The molecule has 1 atom stereocenters. The van der Waals surface area contributed by atoms with Gasteiger partial charge in [0.05, 0.1) is 4.90 Å². The van der Waals surface area contributed by atoms with Gasteiger partial charge in [-0.05, 0) is 62.2 Å². The predicted molar refractivity (Wildman–Crippen MR) is 120 cm³/mol. The summed E-state index contributed by atoms with van der Waals surface area (Å²) in [6.45, 7) is 1.36. The third-order valence-electron chi connectivity index (χ3n) is 5.05. The number of sulfonamides is 1. The van der Waals surface area contributed by atoms with Gasteiger partial charge in [-0.25, -0.2) is 8.42 Å². The monoisotopic (exact) mass is 506 g/mol. The summed E-state index contributed by atoms with van der Waals surface area (Å²) >= 11 is 13.2. The molecule has 1 unspecified atom stereocenters. The van der Waals surface area contributed by atoms with Gasteiger partial charge in [-0.1, -0.05) is 51.0 Å². The van der Waals surface area contributed by atoms with Crippen molar-refractivity contribution in [3.05, 3.63) is 59.1 Å². The average Bonchev–Trinajstić information content (AvgIpc) is 3.02. The van der Waals surface area contributed by atoms with Crippen molar-refractivity contribution in [3.8, 4) is 5.75 Å². The average molecular weight is 507 g/mol. The summed E-state index contributed by atoms with van der Waals surface area (Å²) in [6, 6.07) is 12.9. The van der Waals surface area contributed by atoms with E-state index in [0.717, 1.165) is 36.6 Å². The van der Waals surface area contributed by atoms with E-state index in [-0.39, 0.29) is 17.5 Å². The molecule has 0 spiro atoms. The molecule has 2 aliphatic heterocycles. The highest BCUT2D eigenvalue weighted by Gasteiger charge is 2.51. The minimum atomic E-state index is -4.04. The molecule has 0 aromatic heterocycles. The zero-order valence-corrected chi connectivity index (χ0v) is 19.4. The fourth-order valence-electron chi connectivity index (χ4n) is 3.55. The number of nitrogens with one attached hydrogen (secondary N) is 2. The Labute approximate surface area is 194 Å². The predicted octanol–water partition coefficient (Wildman–Crippen LogP) is 4.04. The Bertz CT molecular complexity index is 1030. The van der Waals surface area contributed by atoms with Crippen molar-refractivity contribution >= 4 is 45.2 Å². The van der Waals surface area contributed by atoms with Crippen LogP contribution in [0.3, 0.4) is 0 Å². The molecule has 12 heteroatoms. The number of rotatable bonds is 6. The Balaban J connectivity index is 1.60. The molecule has 2 saturated heterocycles. The topological polar surface area (TPSA) is 73.9 Å². The van der Waals surface area contributed by atoms with E-state index in [1.54, 1.807) is 30.3 Å².